The zero-order valence-electron chi connectivity index (χ0n) is 14.0. The van der Waals surface area contributed by atoms with E-state index < -0.39 is 5.97 Å². The molecule has 6 heteroatoms. The van der Waals surface area contributed by atoms with Crippen LogP contribution < -0.4 is 14.2 Å². The van der Waals surface area contributed by atoms with Crippen LogP contribution in [0.5, 0.6) is 17.2 Å². The second-order valence-corrected chi connectivity index (χ2v) is 5.57. The highest BCUT2D eigenvalue weighted by atomic mass is 16.7. The Balaban J connectivity index is 1.60. The smallest absolute Gasteiger partial charge is 0.363 e. The minimum atomic E-state index is -0.505. The minimum absolute atomic E-state index is 0.139. The molecule has 0 radical (unpaired) electrons. The molecule has 2 aliphatic rings. The highest BCUT2D eigenvalue weighted by Gasteiger charge is 2.23. The van der Waals surface area contributed by atoms with E-state index in [1.54, 1.807) is 31.4 Å². The van der Waals surface area contributed by atoms with Crippen molar-refractivity contribution in [2.24, 2.45) is 4.99 Å². The van der Waals surface area contributed by atoms with Crippen molar-refractivity contribution in [1.82, 2.24) is 0 Å². The number of aliphatic imine (C=N–C) groups is 1. The molecule has 2 aromatic rings. The number of rotatable bonds is 4. The lowest BCUT2D eigenvalue weighted by atomic mass is 10.1. The third-order valence-electron chi connectivity index (χ3n) is 3.84. The van der Waals surface area contributed by atoms with E-state index in [1.807, 2.05) is 36.4 Å². The maximum Gasteiger partial charge on any atom is 0.363 e. The zero-order chi connectivity index (χ0) is 17.9. The summed E-state index contributed by atoms with van der Waals surface area (Å²) in [4.78, 5) is 16.3. The Morgan fingerprint density at radius 1 is 1.08 bits per heavy atom. The Morgan fingerprint density at radius 2 is 1.92 bits per heavy atom. The summed E-state index contributed by atoms with van der Waals surface area (Å²) in [6.45, 7) is 0.139. The number of carbonyl (C=O) groups is 1. The summed E-state index contributed by atoms with van der Waals surface area (Å²) < 4.78 is 21.2. The van der Waals surface area contributed by atoms with Crippen molar-refractivity contribution < 1.29 is 23.7 Å². The number of carbonyl (C=O) groups excluding carboxylic acids is 1. The summed E-state index contributed by atoms with van der Waals surface area (Å²) in [6.07, 6.45) is 5.11. The lowest BCUT2D eigenvalue weighted by molar-refractivity contribution is -0.129. The fourth-order valence-corrected chi connectivity index (χ4v) is 2.62. The normalized spacial score (nSPS) is 16.9. The number of benzene rings is 2. The van der Waals surface area contributed by atoms with E-state index >= 15 is 0 Å². The van der Waals surface area contributed by atoms with Gasteiger partial charge in [-0.1, -0.05) is 30.3 Å². The molecule has 4 rings (SSSR count). The fraction of sp³-hybridized carbons (Fsp3) is 0.100. The number of hydrogen-bond donors (Lipinski definition) is 0. The molecule has 0 bridgehead atoms. The summed E-state index contributed by atoms with van der Waals surface area (Å²) in [5.74, 6) is 1.40. The molecule has 0 saturated heterocycles. The molecule has 0 fully saturated rings. The van der Waals surface area contributed by atoms with Crippen LogP contribution in [0.2, 0.25) is 0 Å². The van der Waals surface area contributed by atoms with Crippen molar-refractivity contribution in [1.29, 1.82) is 0 Å². The predicted octanol–water partition coefficient (Wildman–Crippen LogP) is 3.43. The lowest BCUT2D eigenvalue weighted by Crippen LogP contribution is -2.01. The fourth-order valence-electron chi connectivity index (χ4n) is 2.62. The number of methoxy groups -OCH3 is 1. The third kappa shape index (κ3) is 3.17. The molecule has 0 unspecified atom stereocenters. The first-order valence-corrected chi connectivity index (χ1v) is 7.96. The summed E-state index contributed by atoms with van der Waals surface area (Å²) in [7, 11) is 1.54. The third-order valence-corrected chi connectivity index (χ3v) is 3.84. The van der Waals surface area contributed by atoms with Gasteiger partial charge in [-0.15, -0.1) is 0 Å². The molecule has 0 atom stereocenters. The zero-order valence-corrected chi connectivity index (χ0v) is 14.0. The van der Waals surface area contributed by atoms with Crippen LogP contribution in [0, 0.1) is 0 Å². The van der Waals surface area contributed by atoms with Crippen molar-refractivity contribution in [2.45, 2.75) is 0 Å². The van der Waals surface area contributed by atoms with Gasteiger partial charge in [-0.2, -0.15) is 0 Å². The average molecular weight is 349 g/mol. The Labute approximate surface area is 150 Å². The summed E-state index contributed by atoms with van der Waals surface area (Å²) in [5, 5.41) is 0. The van der Waals surface area contributed by atoms with E-state index in [0.717, 1.165) is 5.56 Å². The predicted molar refractivity (Wildman–Crippen MR) is 96.1 cm³/mol. The lowest BCUT2D eigenvalue weighted by Gasteiger charge is -2.05. The summed E-state index contributed by atoms with van der Waals surface area (Å²) >= 11 is 0. The molecular formula is C20H15NO5. The maximum absolute atomic E-state index is 12.1. The Bertz CT molecular complexity index is 944. The van der Waals surface area contributed by atoms with Crippen LogP contribution in [0.3, 0.4) is 0 Å². The molecule has 0 saturated carbocycles. The van der Waals surface area contributed by atoms with Gasteiger partial charge in [0.2, 0.25) is 18.4 Å². The topological polar surface area (TPSA) is 66.4 Å². The largest absolute Gasteiger partial charge is 0.493 e. The van der Waals surface area contributed by atoms with Crippen LogP contribution in [0.25, 0.3) is 12.2 Å². The van der Waals surface area contributed by atoms with Crippen molar-refractivity contribution in [3.8, 4) is 17.2 Å². The number of fused-ring (bicyclic) bond motifs is 1. The first-order valence-electron chi connectivity index (χ1n) is 7.96. The molecule has 2 aliphatic heterocycles. The molecule has 6 nitrogen and oxygen atoms in total. The number of esters is 1. The van der Waals surface area contributed by atoms with Crippen LogP contribution in [-0.2, 0) is 9.53 Å². The molecular weight excluding hydrogens is 334 g/mol. The maximum atomic E-state index is 12.1. The van der Waals surface area contributed by atoms with Gasteiger partial charge in [-0.3, -0.25) is 0 Å². The van der Waals surface area contributed by atoms with Crippen LogP contribution >= 0.6 is 0 Å². The molecule has 0 amide bonds. The van der Waals surface area contributed by atoms with Gasteiger partial charge in [0.15, 0.2) is 17.2 Å². The van der Waals surface area contributed by atoms with E-state index in [2.05, 4.69) is 4.99 Å². The van der Waals surface area contributed by atoms with Gasteiger partial charge in [-0.25, -0.2) is 9.79 Å². The van der Waals surface area contributed by atoms with Gasteiger partial charge in [-0.05, 0) is 35.4 Å². The van der Waals surface area contributed by atoms with E-state index in [0.29, 0.717) is 22.8 Å². The van der Waals surface area contributed by atoms with Crippen molar-refractivity contribution in [3.63, 3.8) is 0 Å². The quantitative estimate of drug-likeness (QED) is 0.625. The number of ether oxygens (including phenoxy) is 4. The van der Waals surface area contributed by atoms with E-state index in [1.165, 1.54) is 0 Å². The number of nitrogens with zero attached hydrogens (tertiary/aromatic N) is 1. The Morgan fingerprint density at radius 3 is 2.73 bits per heavy atom. The minimum Gasteiger partial charge on any atom is -0.493 e. The van der Waals surface area contributed by atoms with E-state index in [4.69, 9.17) is 18.9 Å². The molecule has 0 N–H and O–H groups in total. The molecule has 0 spiro atoms. The van der Waals surface area contributed by atoms with Crippen LogP contribution in [0.4, 0.5) is 0 Å². The standard InChI is InChI=1S/C20H15NO5/c1-23-16-10-14(11-17-19(16)25-12-24-17)9-15-20(22)26-18(21-15)8-7-13-5-3-2-4-6-13/h2-11H,12H2,1H3/b8-7+,15-9-. The second-order valence-electron chi connectivity index (χ2n) is 5.57. The van der Waals surface area contributed by atoms with Crippen molar-refractivity contribution in [2.75, 3.05) is 13.9 Å². The number of cyclic esters (lactones) is 1. The Kier molecular flexibility index (Phi) is 4.15. The highest BCUT2D eigenvalue weighted by molar-refractivity contribution is 6.11. The summed E-state index contributed by atoms with van der Waals surface area (Å²) in [5.41, 5.74) is 1.90. The first kappa shape index (κ1) is 16.0. The van der Waals surface area contributed by atoms with Gasteiger partial charge in [0.25, 0.3) is 0 Å². The van der Waals surface area contributed by atoms with Crippen molar-refractivity contribution in [3.05, 3.63) is 65.4 Å². The molecule has 2 heterocycles. The van der Waals surface area contributed by atoms with Crippen LogP contribution in [-0.4, -0.2) is 25.8 Å². The van der Waals surface area contributed by atoms with Gasteiger partial charge >= 0.3 is 5.97 Å². The SMILES string of the molecule is COc1cc(/C=C2N=C(/C=C/c3ccccc3)OC\2=O)cc2c1OCO2. The first-order chi connectivity index (χ1) is 12.7. The Hall–Kier alpha value is -3.54. The van der Waals surface area contributed by atoms with Gasteiger partial charge in [0.1, 0.15) is 0 Å². The monoisotopic (exact) mass is 349 g/mol. The highest BCUT2D eigenvalue weighted by Crippen LogP contribution is 2.42. The van der Waals surface area contributed by atoms with Crippen LogP contribution in [0.1, 0.15) is 11.1 Å². The van der Waals surface area contributed by atoms with Gasteiger partial charge in [0, 0.05) is 6.08 Å². The van der Waals surface area contributed by atoms with E-state index in [9.17, 15) is 4.79 Å². The molecule has 130 valence electrons. The van der Waals surface area contributed by atoms with Gasteiger partial charge in [0.05, 0.1) is 7.11 Å². The van der Waals surface area contributed by atoms with Gasteiger partial charge < -0.3 is 18.9 Å². The molecule has 26 heavy (non-hydrogen) atoms. The van der Waals surface area contributed by atoms with Crippen molar-refractivity contribution >= 4 is 24.0 Å². The second kappa shape index (κ2) is 6.76. The molecule has 0 aliphatic carbocycles. The molecule has 0 aromatic heterocycles. The summed E-state index contributed by atoms with van der Waals surface area (Å²) in [6, 6.07) is 13.2. The van der Waals surface area contributed by atoms with E-state index in [-0.39, 0.29) is 18.4 Å². The number of hydrogen-bond acceptors (Lipinski definition) is 6. The molecule has 2 aromatic carbocycles. The van der Waals surface area contributed by atoms with Crippen LogP contribution in [0.15, 0.2) is 59.2 Å². The average Bonchev–Trinajstić information content (AvgIpc) is 3.27.